The predicted molar refractivity (Wildman–Crippen MR) is 249 cm³/mol. The van der Waals surface area contributed by atoms with E-state index in [2.05, 4.69) is 117 Å². The Kier molecular flexibility index (Phi) is 13.5. The molecule has 0 amide bonds. The quantitative estimate of drug-likeness (QED) is 0.0763. The van der Waals surface area contributed by atoms with Crippen molar-refractivity contribution in [3.63, 3.8) is 0 Å². The molecule has 0 atom stereocenters. The fourth-order valence-corrected chi connectivity index (χ4v) is 8.50. The van der Waals surface area contributed by atoms with Gasteiger partial charge in [0.1, 0.15) is 0 Å². The number of fused-ring (bicyclic) bond motifs is 5. The molecule has 0 N–H and O–H groups in total. The number of pyridine rings is 2. The Morgan fingerprint density at radius 2 is 0.766 bits per heavy atom. The summed E-state index contributed by atoms with van der Waals surface area (Å²) in [6.45, 7) is 0. The van der Waals surface area contributed by atoms with Gasteiger partial charge in [-0.2, -0.15) is 22.7 Å². The zero-order valence-electron chi connectivity index (χ0n) is 33.1. The molecule has 0 bridgehead atoms. The summed E-state index contributed by atoms with van der Waals surface area (Å²) < 4.78 is 61.6. The molecular weight excluding hydrogens is 1060 g/mol. The van der Waals surface area contributed by atoms with Crippen molar-refractivity contribution in [3.8, 4) is 43.4 Å². The fraction of sp³-hybridized carbons (Fsp3) is 0. The summed E-state index contributed by atoms with van der Waals surface area (Å²) in [5.74, 6) is 0. The number of hydrogen-bond acceptors (Lipinski definition) is 6. The van der Waals surface area contributed by atoms with E-state index in [-0.39, 0.29) is 20.1 Å². The van der Waals surface area contributed by atoms with Gasteiger partial charge in [-0.15, -0.1) is 71.8 Å². The van der Waals surface area contributed by atoms with Gasteiger partial charge in [-0.25, -0.2) is 0 Å². The van der Waals surface area contributed by atoms with Crippen LogP contribution in [-0.4, -0.2) is 19.9 Å². The summed E-state index contributed by atoms with van der Waals surface area (Å²) in [5, 5.41) is 4.33. The van der Waals surface area contributed by atoms with Gasteiger partial charge in [0.25, 0.3) is 0 Å². The molecule has 4 nitrogen and oxygen atoms in total. The van der Waals surface area contributed by atoms with E-state index in [9.17, 15) is 25.2 Å². The van der Waals surface area contributed by atoms with E-state index in [1.54, 1.807) is 22.7 Å². The first-order valence-electron chi connectivity index (χ1n) is 19.2. The standard InChI is InChI=1S/C24H16N2.2C13H8NS.F6P.Ir/c1-3-7-17(8-4-1)19-13-15-25-23-21(19)11-12-22-20(14-16-26-24(22)23)18-9-5-2-6-10-18;2*1-2-6-10(7-3-1)13-14-11-8-4-5-9-12(11)15-13;1-7(2,3,4,5)6;/h1-16H;2*1-6,8-9H;;/q;3*-1;+3. The summed E-state index contributed by atoms with van der Waals surface area (Å²) in [7, 11) is -10.7. The first kappa shape index (κ1) is 45.8. The normalized spacial score (nSPS) is 12.0. The second kappa shape index (κ2) is 18.9. The number of nitrogens with zero attached hydrogens (tertiary/aromatic N) is 4. The summed E-state index contributed by atoms with van der Waals surface area (Å²) >= 11 is 3.42. The summed E-state index contributed by atoms with van der Waals surface area (Å²) in [4.78, 5) is 18.5. The molecule has 320 valence electrons. The van der Waals surface area contributed by atoms with Gasteiger partial charge in [0.2, 0.25) is 0 Å². The van der Waals surface area contributed by atoms with E-state index in [1.165, 1.54) is 31.7 Å². The molecule has 0 aliphatic rings. The number of rotatable bonds is 4. The van der Waals surface area contributed by atoms with Crippen LogP contribution < -0.4 is 0 Å². The van der Waals surface area contributed by atoms with E-state index in [4.69, 9.17) is 0 Å². The Balaban J connectivity index is 0.000000139. The second-order valence-corrected chi connectivity index (χ2v) is 17.8. The average Bonchev–Trinajstić information content (AvgIpc) is 3.95. The Bertz CT molecular complexity index is 3000. The summed E-state index contributed by atoms with van der Waals surface area (Å²) in [6.07, 6.45) is 3.75. The second-order valence-electron chi connectivity index (χ2n) is 13.8. The molecule has 7 aromatic carbocycles. The zero-order valence-corrected chi connectivity index (χ0v) is 38.1. The molecule has 11 aromatic rings. The number of hydrogen-bond donors (Lipinski definition) is 0. The van der Waals surface area contributed by atoms with Crippen molar-refractivity contribution in [1.29, 1.82) is 0 Å². The maximum absolute atomic E-state index is 10.7. The molecule has 0 unspecified atom stereocenters. The Morgan fingerprint density at radius 1 is 0.406 bits per heavy atom. The molecule has 0 saturated carbocycles. The van der Waals surface area contributed by atoms with Crippen molar-refractivity contribution in [1.82, 2.24) is 19.9 Å². The maximum Gasteiger partial charge on any atom is 3.00 e. The maximum atomic E-state index is 9.87. The molecule has 4 heterocycles. The number of thiazole rings is 2. The third kappa shape index (κ3) is 12.3. The van der Waals surface area contributed by atoms with E-state index >= 15 is 0 Å². The van der Waals surface area contributed by atoms with Crippen molar-refractivity contribution >= 4 is 72.7 Å². The minimum absolute atomic E-state index is 0. The minimum Gasteiger partial charge on any atom is -0.285 e. The van der Waals surface area contributed by atoms with Crippen molar-refractivity contribution in [2.75, 3.05) is 0 Å². The van der Waals surface area contributed by atoms with Crippen LogP contribution in [0.2, 0.25) is 0 Å². The minimum atomic E-state index is -10.7. The smallest absolute Gasteiger partial charge is 0.285 e. The SMILES string of the molecule is F[P-](F)(F)(F)(F)F.[Ir+3].[c-]1ccccc1-c1nc2ccccc2s1.[c-]1ccccc1-c1nc2ccccc2s1.c1ccc(-c2ccnc3c2ccc2c(-c4ccccc4)ccnc23)cc1. The van der Waals surface area contributed by atoms with Crippen LogP contribution in [-0.2, 0) is 20.1 Å². The summed E-state index contributed by atoms with van der Waals surface area (Å²) in [5.41, 5.74) is 10.9. The molecule has 4 aromatic heterocycles. The Morgan fingerprint density at radius 3 is 1.12 bits per heavy atom. The topological polar surface area (TPSA) is 51.6 Å². The first-order valence-corrected chi connectivity index (χ1v) is 22.9. The van der Waals surface area contributed by atoms with E-state index < -0.39 is 7.81 Å². The van der Waals surface area contributed by atoms with Gasteiger partial charge in [-0.3, -0.25) is 19.9 Å². The average molecular weight is 1090 g/mol. The predicted octanol–water partition coefficient (Wildman–Crippen LogP) is 17.0. The molecule has 0 aliphatic carbocycles. The van der Waals surface area contributed by atoms with Crippen LogP contribution in [0.3, 0.4) is 0 Å². The van der Waals surface area contributed by atoms with Crippen molar-refractivity contribution in [2.45, 2.75) is 0 Å². The van der Waals surface area contributed by atoms with Gasteiger partial charge in [0.05, 0.1) is 22.1 Å². The number of para-hydroxylation sites is 2. The van der Waals surface area contributed by atoms with E-state index in [0.717, 1.165) is 54.0 Å². The number of benzene rings is 7. The Labute approximate surface area is 385 Å². The largest absolute Gasteiger partial charge is 3.00 e. The van der Waals surface area contributed by atoms with Gasteiger partial charge < -0.3 is 0 Å². The molecule has 0 fully saturated rings. The molecule has 11 rings (SSSR count). The molecule has 0 spiro atoms. The molecule has 0 radical (unpaired) electrons. The third-order valence-corrected chi connectivity index (χ3v) is 11.4. The van der Waals surface area contributed by atoms with Gasteiger partial charge in [0.15, 0.2) is 0 Å². The third-order valence-electron chi connectivity index (χ3n) is 9.26. The Hall–Kier alpha value is -6.20. The van der Waals surface area contributed by atoms with Crippen LogP contribution in [0, 0.1) is 12.1 Å². The molecular formula is C50H32F6IrN4PS2. The van der Waals surface area contributed by atoms with Gasteiger partial charge in [0, 0.05) is 42.6 Å². The molecule has 64 heavy (non-hydrogen) atoms. The summed E-state index contributed by atoms with van der Waals surface area (Å²) in [6, 6.07) is 68.0. The van der Waals surface area contributed by atoms with Crippen LogP contribution in [0.25, 0.3) is 85.6 Å². The number of aromatic nitrogens is 4. The monoisotopic (exact) mass is 1090 g/mol. The van der Waals surface area contributed by atoms with E-state index in [0.29, 0.717) is 0 Å². The van der Waals surface area contributed by atoms with Crippen LogP contribution in [0.4, 0.5) is 25.2 Å². The van der Waals surface area contributed by atoms with Gasteiger partial charge in [-0.1, -0.05) is 97.1 Å². The van der Waals surface area contributed by atoms with Crippen LogP contribution in [0.1, 0.15) is 0 Å². The molecule has 0 saturated heterocycles. The van der Waals surface area contributed by atoms with Crippen LogP contribution in [0.15, 0.2) is 194 Å². The van der Waals surface area contributed by atoms with Crippen LogP contribution in [0.5, 0.6) is 0 Å². The van der Waals surface area contributed by atoms with Gasteiger partial charge in [-0.05, 0) is 58.7 Å². The first-order chi connectivity index (χ1) is 30.2. The van der Waals surface area contributed by atoms with Gasteiger partial charge >= 0.3 is 53.1 Å². The zero-order chi connectivity index (χ0) is 43.9. The molecule has 0 aliphatic heterocycles. The molecule has 14 heteroatoms. The number of halogens is 6. The van der Waals surface area contributed by atoms with Crippen LogP contribution >= 0.6 is 30.5 Å². The van der Waals surface area contributed by atoms with Crippen molar-refractivity contribution in [2.24, 2.45) is 0 Å². The van der Waals surface area contributed by atoms with Crippen molar-refractivity contribution < 1.29 is 45.3 Å². The van der Waals surface area contributed by atoms with E-state index in [1.807, 2.05) is 109 Å². The fourth-order valence-electron chi connectivity index (χ4n) is 6.59. The van der Waals surface area contributed by atoms with Crippen molar-refractivity contribution in [3.05, 3.63) is 207 Å².